The number of halogens is 2. The van der Waals surface area contributed by atoms with Crippen molar-refractivity contribution < 1.29 is 22.3 Å². The maximum Gasteiger partial charge on any atom is 0.151 e. The SMILES string of the molecule is CCCS(=O)(=O)CCNCC1(c2ccc3ncnc(Nc4ccc(OCc5cccc(F)c5)c(Cl)c4)c3c2)CC=CO1. The summed E-state index contributed by atoms with van der Waals surface area (Å²) in [5.74, 6) is 1.02. The van der Waals surface area contributed by atoms with E-state index in [1.165, 1.54) is 18.5 Å². The van der Waals surface area contributed by atoms with Crippen molar-refractivity contribution in [3.8, 4) is 5.75 Å². The number of nitrogens with zero attached hydrogens (tertiary/aromatic N) is 2. The third kappa shape index (κ3) is 7.18. The van der Waals surface area contributed by atoms with Crippen LogP contribution in [0.4, 0.5) is 15.9 Å². The largest absolute Gasteiger partial charge is 0.489 e. The lowest BCUT2D eigenvalue weighted by atomic mass is 9.90. The monoisotopic (exact) mass is 610 g/mol. The molecule has 42 heavy (non-hydrogen) atoms. The number of fused-ring (bicyclic) bond motifs is 1. The van der Waals surface area contributed by atoms with Crippen LogP contribution in [0.25, 0.3) is 10.9 Å². The van der Waals surface area contributed by atoms with Crippen LogP contribution in [-0.2, 0) is 26.8 Å². The van der Waals surface area contributed by atoms with Gasteiger partial charge in [0.2, 0.25) is 0 Å². The average molecular weight is 611 g/mol. The molecule has 1 aromatic heterocycles. The zero-order valence-electron chi connectivity index (χ0n) is 23.1. The van der Waals surface area contributed by atoms with Gasteiger partial charge in [-0.3, -0.25) is 0 Å². The molecular weight excluding hydrogens is 579 g/mol. The van der Waals surface area contributed by atoms with Crippen LogP contribution in [0, 0.1) is 5.82 Å². The number of sulfone groups is 1. The van der Waals surface area contributed by atoms with E-state index in [0.29, 0.717) is 53.8 Å². The second kappa shape index (κ2) is 13.1. The fourth-order valence-electron chi connectivity index (χ4n) is 4.86. The first kappa shape index (κ1) is 29.8. The van der Waals surface area contributed by atoms with Gasteiger partial charge < -0.3 is 20.1 Å². The lowest BCUT2D eigenvalue weighted by molar-refractivity contribution is 0.0419. The van der Waals surface area contributed by atoms with Crippen molar-refractivity contribution in [1.82, 2.24) is 15.3 Å². The molecule has 0 spiro atoms. The zero-order chi connectivity index (χ0) is 29.6. The van der Waals surface area contributed by atoms with E-state index in [1.54, 1.807) is 30.5 Å². The molecule has 1 atom stereocenters. The molecule has 0 amide bonds. The third-order valence-corrected chi connectivity index (χ3v) is 9.14. The Morgan fingerprint density at radius 3 is 2.74 bits per heavy atom. The molecule has 1 aliphatic heterocycles. The Balaban J connectivity index is 1.32. The van der Waals surface area contributed by atoms with E-state index in [1.807, 2.05) is 37.3 Å². The highest BCUT2D eigenvalue weighted by Crippen LogP contribution is 2.37. The lowest BCUT2D eigenvalue weighted by Crippen LogP contribution is -2.39. The molecule has 1 unspecified atom stereocenters. The summed E-state index contributed by atoms with van der Waals surface area (Å²) in [6.45, 7) is 2.83. The van der Waals surface area contributed by atoms with E-state index in [2.05, 4.69) is 20.6 Å². The number of benzene rings is 3. The van der Waals surface area contributed by atoms with Gasteiger partial charge in [-0.1, -0.05) is 36.7 Å². The summed E-state index contributed by atoms with van der Waals surface area (Å²) in [6.07, 6.45) is 6.37. The van der Waals surface area contributed by atoms with E-state index < -0.39 is 15.4 Å². The molecule has 8 nitrogen and oxygen atoms in total. The molecule has 1 aliphatic rings. The smallest absolute Gasteiger partial charge is 0.151 e. The number of nitrogens with one attached hydrogen (secondary N) is 2. The molecule has 0 bridgehead atoms. The van der Waals surface area contributed by atoms with Crippen molar-refractivity contribution in [2.75, 3.05) is 29.9 Å². The fourth-order valence-corrected chi connectivity index (χ4v) is 6.37. The minimum atomic E-state index is -3.07. The Hall–Kier alpha value is -3.73. The highest BCUT2D eigenvalue weighted by Gasteiger charge is 2.35. The van der Waals surface area contributed by atoms with Gasteiger partial charge >= 0.3 is 0 Å². The summed E-state index contributed by atoms with van der Waals surface area (Å²) < 4.78 is 49.6. The molecule has 220 valence electrons. The molecule has 5 rings (SSSR count). The summed E-state index contributed by atoms with van der Waals surface area (Å²) in [5, 5.41) is 7.80. The zero-order valence-corrected chi connectivity index (χ0v) is 24.7. The van der Waals surface area contributed by atoms with E-state index in [-0.39, 0.29) is 23.9 Å². The van der Waals surface area contributed by atoms with Crippen molar-refractivity contribution in [3.63, 3.8) is 0 Å². The van der Waals surface area contributed by atoms with Crippen LogP contribution >= 0.6 is 11.6 Å². The molecular formula is C31H32ClFN4O4S. The molecule has 2 heterocycles. The van der Waals surface area contributed by atoms with E-state index >= 15 is 0 Å². The topological polar surface area (TPSA) is 102 Å². The van der Waals surface area contributed by atoms with Gasteiger partial charge in [-0.05, 0) is 66.1 Å². The summed E-state index contributed by atoms with van der Waals surface area (Å²) in [4.78, 5) is 8.90. The van der Waals surface area contributed by atoms with Crippen molar-refractivity contribution >= 4 is 43.8 Å². The molecule has 0 saturated carbocycles. The minimum Gasteiger partial charge on any atom is -0.489 e. The summed E-state index contributed by atoms with van der Waals surface area (Å²) in [6, 6.07) is 17.4. The molecule has 4 aromatic rings. The highest BCUT2D eigenvalue weighted by atomic mass is 35.5. The van der Waals surface area contributed by atoms with Crippen molar-refractivity contribution in [3.05, 3.63) is 101 Å². The first-order chi connectivity index (χ1) is 20.3. The van der Waals surface area contributed by atoms with E-state index in [9.17, 15) is 12.8 Å². The second-order valence-corrected chi connectivity index (χ2v) is 12.9. The van der Waals surface area contributed by atoms with Crippen LogP contribution in [0.2, 0.25) is 5.02 Å². The van der Waals surface area contributed by atoms with Gasteiger partial charge in [0, 0.05) is 36.3 Å². The number of hydrogen-bond donors (Lipinski definition) is 2. The van der Waals surface area contributed by atoms with Crippen molar-refractivity contribution in [2.45, 2.75) is 32.0 Å². The summed E-state index contributed by atoms with van der Waals surface area (Å²) in [5.41, 5.74) is 2.39. The Kier molecular flexibility index (Phi) is 9.25. The first-order valence-corrected chi connectivity index (χ1v) is 15.9. The van der Waals surface area contributed by atoms with Crippen LogP contribution in [-0.4, -0.2) is 43.0 Å². The van der Waals surface area contributed by atoms with Gasteiger partial charge in [-0.2, -0.15) is 0 Å². The van der Waals surface area contributed by atoms with Gasteiger partial charge in [-0.25, -0.2) is 22.8 Å². The van der Waals surface area contributed by atoms with E-state index in [4.69, 9.17) is 21.1 Å². The van der Waals surface area contributed by atoms with E-state index in [0.717, 1.165) is 16.5 Å². The average Bonchev–Trinajstić information content (AvgIpc) is 3.45. The molecule has 0 fully saturated rings. The predicted octanol–water partition coefficient (Wildman–Crippen LogP) is 6.29. The van der Waals surface area contributed by atoms with Crippen LogP contribution in [0.5, 0.6) is 5.75 Å². The number of ether oxygens (including phenoxy) is 2. The Morgan fingerprint density at radius 1 is 1.10 bits per heavy atom. The lowest BCUT2D eigenvalue weighted by Gasteiger charge is -2.30. The Morgan fingerprint density at radius 2 is 1.98 bits per heavy atom. The number of hydrogen-bond acceptors (Lipinski definition) is 8. The number of aromatic nitrogens is 2. The maximum atomic E-state index is 13.5. The van der Waals surface area contributed by atoms with Gasteiger partial charge in [0.05, 0.1) is 22.6 Å². The van der Waals surface area contributed by atoms with Gasteiger partial charge in [0.25, 0.3) is 0 Å². The third-order valence-electron chi connectivity index (χ3n) is 6.99. The number of anilines is 2. The molecule has 3 aromatic carbocycles. The molecule has 0 saturated heterocycles. The van der Waals surface area contributed by atoms with Crippen molar-refractivity contribution in [2.24, 2.45) is 0 Å². The Bertz CT molecular complexity index is 1690. The summed E-state index contributed by atoms with van der Waals surface area (Å²) >= 11 is 6.51. The molecule has 11 heteroatoms. The standard InChI is InChI=1S/C31H32ClFN4O4S/c1-2-14-42(38,39)15-12-34-20-31(11-4-13-41-31)23-7-9-28-26(17-23)30(36-21-35-28)37-25-8-10-29(27(32)18-25)40-19-22-5-3-6-24(33)16-22/h3-10,13,16-18,21,34H,2,11-12,14-15,19-20H2,1H3,(H,35,36,37). The predicted molar refractivity (Wildman–Crippen MR) is 163 cm³/mol. The molecule has 0 aliphatic carbocycles. The quantitative estimate of drug-likeness (QED) is 0.170. The first-order valence-electron chi connectivity index (χ1n) is 13.7. The van der Waals surface area contributed by atoms with Crippen LogP contribution in [0.3, 0.4) is 0 Å². The second-order valence-electron chi connectivity index (χ2n) is 10.2. The van der Waals surface area contributed by atoms with Gasteiger partial charge in [0.15, 0.2) is 9.84 Å². The summed E-state index contributed by atoms with van der Waals surface area (Å²) in [7, 11) is -3.07. The highest BCUT2D eigenvalue weighted by molar-refractivity contribution is 7.91. The maximum absolute atomic E-state index is 13.5. The molecule has 0 radical (unpaired) electrons. The molecule has 2 N–H and O–H groups in total. The van der Waals surface area contributed by atoms with Crippen LogP contribution in [0.15, 0.2) is 79.3 Å². The Labute approximate surface area is 249 Å². The normalized spacial score (nSPS) is 16.5. The van der Waals surface area contributed by atoms with Crippen LogP contribution < -0.4 is 15.4 Å². The van der Waals surface area contributed by atoms with Crippen LogP contribution in [0.1, 0.15) is 30.9 Å². The number of rotatable bonds is 13. The van der Waals surface area contributed by atoms with Crippen molar-refractivity contribution in [1.29, 1.82) is 0 Å². The van der Waals surface area contributed by atoms with Gasteiger partial charge in [-0.15, -0.1) is 0 Å². The fraction of sp³-hybridized carbons (Fsp3) is 0.290. The van der Waals surface area contributed by atoms with Gasteiger partial charge in [0.1, 0.15) is 35.9 Å². The minimum absolute atomic E-state index is 0.0845.